The smallest absolute Gasteiger partial charge is 0.191 e. The Kier molecular flexibility index (Phi) is 10.5. The van der Waals surface area contributed by atoms with Crippen molar-refractivity contribution in [2.45, 2.75) is 40.0 Å². The Hall–Kier alpha value is -0.820. The van der Waals surface area contributed by atoms with Gasteiger partial charge < -0.3 is 15.4 Å². The van der Waals surface area contributed by atoms with Gasteiger partial charge in [0.25, 0.3) is 0 Å². The summed E-state index contributed by atoms with van der Waals surface area (Å²) in [5.41, 5.74) is 2.46. The first-order chi connectivity index (χ1) is 9.17. The molecule has 0 saturated carbocycles. The van der Waals surface area contributed by atoms with Crippen LogP contribution in [0.15, 0.2) is 29.3 Å². The van der Waals surface area contributed by atoms with Crippen LogP contribution in [0, 0.1) is 0 Å². The van der Waals surface area contributed by atoms with Crippen LogP contribution in [0.4, 0.5) is 0 Å². The van der Waals surface area contributed by atoms with Crippen molar-refractivity contribution in [3.05, 3.63) is 35.4 Å². The number of halogens is 1. The number of hydrogen-bond donors (Lipinski definition) is 2. The van der Waals surface area contributed by atoms with Crippen LogP contribution in [-0.4, -0.2) is 25.7 Å². The lowest BCUT2D eigenvalue weighted by molar-refractivity contribution is 0.133. The monoisotopic (exact) mass is 391 g/mol. The van der Waals surface area contributed by atoms with Gasteiger partial charge in [-0.05, 0) is 31.9 Å². The van der Waals surface area contributed by atoms with E-state index >= 15 is 0 Å². The molecule has 0 aromatic heterocycles. The molecule has 0 spiro atoms. The largest absolute Gasteiger partial charge is 0.377 e. The molecule has 0 atom stereocenters. The van der Waals surface area contributed by atoms with E-state index < -0.39 is 0 Å². The lowest BCUT2D eigenvalue weighted by Gasteiger charge is -2.16. The number of benzene rings is 1. The quantitative estimate of drug-likeness (QED) is 0.445. The van der Waals surface area contributed by atoms with Crippen molar-refractivity contribution < 1.29 is 4.74 Å². The van der Waals surface area contributed by atoms with Crippen LogP contribution >= 0.6 is 24.0 Å². The fourth-order valence-electron chi connectivity index (χ4n) is 1.73. The predicted molar refractivity (Wildman–Crippen MR) is 95.7 cm³/mol. The molecule has 0 saturated heterocycles. The minimum atomic E-state index is 0. The van der Waals surface area contributed by atoms with E-state index in [2.05, 4.69) is 41.6 Å². The second-order valence-electron chi connectivity index (χ2n) is 4.63. The van der Waals surface area contributed by atoms with Crippen LogP contribution in [0.25, 0.3) is 0 Å². The molecule has 0 radical (unpaired) electrons. The van der Waals surface area contributed by atoms with Gasteiger partial charge in [-0.25, -0.2) is 0 Å². The van der Waals surface area contributed by atoms with Gasteiger partial charge >= 0.3 is 0 Å². The van der Waals surface area contributed by atoms with Crippen molar-refractivity contribution in [1.29, 1.82) is 0 Å². The average molecular weight is 391 g/mol. The highest BCUT2D eigenvalue weighted by Gasteiger charge is 2.04. The Balaban J connectivity index is 0.00000361. The van der Waals surface area contributed by atoms with Gasteiger partial charge in [0.2, 0.25) is 0 Å². The van der Waals surface area contributed by atoms with E-state index in [0.717, 1.165) is 19.1 Å². The van der Waals surface area contributed by atoms with Crippen molar-refractivity contribution in [3.63, 3.8) is 0 Å². The Labute approximate surface area is 139 Å². The molecular weight excluding hydrogens is 365 g/mol. The lowest BCUT2D eigenvalue weighted by Crippen LogP contribution is -2.40. The van der Waals surface area contributed by atoms with Gasteiger partial charge in [-0.3, -0.25) is 4.99 Å². The molecule has 0 aliphatic rings. The zero-order valence-corrected chi connectivity index (χ0v) is 15.1. The summed E-state index contributed by atoms with van der Waals surface area (Å²) < 4.78 is 5.48. The van der Waals surface area contributed by atoms with Crippen molar-refractivity contribution in [2.75, 3.05) is 13.7 Å². The van der Waals surface area contributed by atoms with Gasteiger partial charge in [-0.1, -0.05) is 24.3 Å². The summed E-state index contributed by atoms with van der Waals surface area (Å²) in [6.45, 7) is 8.33. The fourth-order valence-corrected chi connectivity index (χ4v) is 1.73. The Bertz CT molecular complexity index is 408. The highest BCUT2D eigenvalue weighted by molar-refractivity contribution is 14.0. The maximum atomic E-state index is 5.48. The molecule has 20 heavy (non-hydrogen) atoms. The maximum absolute atomic E-state index is 5.48. The molecule has 4 nitrogen and oxygen atoms in total. The fraction of sp³-hybridized carbons (Fsp3) is 0.533. The molecule has 0 unspecified atom stereocenters. The average Bonchev–Trinajstić information content (AvgIpc) is 2.41. The van der Waals surface area contributed by atoms with E-state index in [1.165, 1.54) is 11.1 Å². The zero-order valence-electron chi connectivity index (χ0n) is 12.8. The van der Waals surface area contributed by atoms with E-state index in [0.29, 0.717) is 12.6 Å². The molecule has 2 N–H and O–H groups in total. The third-order valence-corrected chi connectivity index (χ3v) is 2.68. The van der Waals surface area contributed by atoms with E-state index in [1.807, 2.05) is 19.1 Å². The van der Waals surface area contributed by atoms with Crippen LogP contribution in [0.5, 0.6) is 0 Å². The molecule has 0 aliphatic heterocycles. The highest BCUT2D eigenvalue weighted by Crippen LogP contribution is 2.09. The van der Waals surface area contributed by atoms with Crippen LogP contribution in [-0.2, 0) is 17.9 Å². The van der Waals surface area contributed by atoms with E-state index in [4.69, 9.17) is 4.74 Å². The summed E-state index contributed by atoms with van der Waals surface area (Å²) in [7, 11) is 1.78. The molecule has 0 aliphatic carbocycles. The van der Waals surface area contributed by atoms with Crippen LogP contribution in [0.1, 0.15) is 31.9 Å². The molecule has 0 amide bonds. The molecule has 0 bridgehead atoms. The second kappa shape index (κ2) is 10.9. The van der Waals surface area contributed by atoms with Gasteiger partial charge in [-0.15, -0.1) is 24.0 Å². The van der Waals surface area contributed by atoms with Gasteiger partial charge in [-0.2, -0.15) is 0 Å². The number of rotatable bonds is 6. The highest BCUT2D eigenvalue weighted by atomic mass is 127. The molecular formula is C15H26IN3O. The maximum Gasteiger partial charge on any atom is 0.191 e. The number of guanidine groups is 1. The molecule has 1 rings (SSSR count). The minimum Gasteiger partial charge on any atom is -0.377 e. The third kappa shape index (κ3) is 7.09. The number of nitrogens with one attached hydrogen (secondary N) is 2. The topological polar surface area (TPSA) is 45.6 Å². The molecule has 5 heteroatoms. The van der Waals surface area contributed by atoms with E-state index in [-0.39, 0.29) is 24.0 Å². The molecule has 114 valence electrons. The number of hydrogen-bond acceptors (Lipinski definition) is 2. The SMILES string of the molecule is CCOCc1ccccc1CNC(=NC)NC(C)C.I. The van der Waals surface area contributed by atoms with Crippen molar-refractivity contribution in [1.82, 2.24) is 10.6 Å². The van der Waals surface area contributed by atoms with Crippen LogP contribution in [0.3, 0.4) is 0 Å². The molecule has 0 fully saturated rings. The summed E-state index contributed by atoms with van der Waals surface area (Å²) in [4.78, 5) is 4.20. The molecule has 0 heterocycles. The first-order valence-electron chi connectivity index (χ1n) is 6.79. The molecule has 1 aromatic carbocycles. The van der Waals surface area contributed by atoms with Gasteiger partial charge in [0, 0.05) is 26.2 Å². The Morgan fingerprint density at radius 3 is 2.45 bits per heavy atom. The minimum absolute atomic E-state index is 0. The summed E-state index contributed by atoms with van der Waals surface area (Å²) in [6.07, 6.45) is 0. The number of ether oxygens (including phenoxy) is 1. The van der Waals surface area contributed by atoms with Crippen molar-refractivity contribution in [3.8, 4) is 0 Å². The lowest BCUT2D eigenvalue weighted by atomic mass is 10.1. The van der Waals surface area contributed by atoms with Gasteiger partial charge in [0.1, 0.15) is 0 Å². The summed E-state index contributed by atoms with van der Waals surface area (Å²) >= 11 is 0. The summed E-state index contributed by atoms with van der Waals surface area (Å²) in [6, 6.07) is 8.67. The Morgan fingerprint density at radius 1 is 1.25 bits per heavy atom. The third-order valence-electron chi connectivity index (χ3n) is 2.68. The van der Waals surface area contributed by atoms with Crippen molar-refractivity contribution in [2.24, 2.45) is 4.99 Å². The molecule has 1 aromatic rings. The van der Waals surface area contributed by atoms with E-state index in [9.17, 15) is 0 Å². The first-order valence-corrected chi connectivity index (χ1v) is 6.79. The van der Waals surface area contributed by atoms with Gasteiger partial charge in [0.05, 0.1) is 6.61 Å². The van der Waals surface area contributed by atoms with Crippen LogP contribution in [0.2, 0.25) is 0 Å². The van der Waals surface area contributed by atoms with E-state index in [1.54, 1.807) is 7.05 Å². The standard InChI is InChI=1S/C15H25N3O.HI/c1-5-19-11-14-9-7-6-8-13(14)10-17-15(16-4)18-12(2)3;/h6-9,12H,5,10-11H2,1-4H3,(H2,16,17,18);1H. The number of aliphatic imine (C=N–C) groups is 1. The van der Waals surface area contributed by atoms with Gasteiger partial charge in [0.15, 0.2) is 5.96 Å². The van der Waals surface area contributed by atoms with Crippen LogP contribution < -0.4 is 10.6 Å². The van der Waals surface area contributed by atoms with Crippen molar-refractivity contribution >= 4 is 29.9 Å². The number of nitrogens with zero attached hydrogens (tertiary/aromatic N) is 1. The predicted octanol–water partition coefficient (Wildman–Crippen LogP) is 2.91. The second-order valence-corrected chi connectivity index (χ2v) is 4.63. The zero-order chi connectivity index (χ0) is 14.1. The first kappa shape index (κ1) is 19.2. The summed E-state index contributed by atoms with van der Waals surface area (Å²) in [5, 5.41) is 6.59. The Morgan fingerprint density at radius 2 is 1.90 bits per heavy atom. The summed E-state index contributed by atoms with van der Waals surface area (Å²) in [5.74, 6) is 0.821. The normalized spacial score (nSPS) is 11.2.